The van der Waals surface area contributed by atoms with Crippen LogP contribution in [0.5, 0.6) is 0 Å². The number of carboxylic acids is 1. The fraction of sp³-hybridized carbons (Fsp3) is 0.333. The average molecular weight is 111 g/mol. The molecule has 0 fully saturated rings. The zero-order valence-corrected chi connectivity index (χ0v) is 6.26. The Labute approximate surface area is 63.0 Å². The van der Waals surface area contributed by atoms with Crippen molar-refractivity contribution in [1.82, 2.24) is 0 Å². The van der Waals surface area contributed by atoms with Crippen molar-refractivity contribution in [2.24, 2.45) is 0 Å². The largest absolute Gasteiger partial charge is 0.476 e. The van der Waals surface area contributed by atoms with Gasteiger partial charge in [-0.1, -0.05) is 0 Å². The van der Waals surface area contributed by atoms with E-state index in [0.717, 1.165) is 6.92 Å². The molecular formula is C3H4NaO3. The monoisotopic (exact) mass is 111 g/mol. The minimum atomic E-state index is -1.38. The Bertz CT molecular complexity index is 76.2. The molecule has 0 saturated carbocycles. The predicted octanol–water partition coefficient (Wildman–Crippen LogP) is -0.721. The molecule has 0 spiro atoms. The van der Waals surface area contributed by atoms with Crippen molar-refractivity contribution in [3.63, 3.8) is 0 Å². The number of hydrogen-bond acceptors (Lipinski definition) is 2. The van der Waals surface area contributed by atoms with Gasteiger partial charge in [0.1, 0.15) is 0 Å². The van der Waals surface area contributed by atoms with Crippen molar-refractivity contribution in [2.45, 2.75) is 6.92 Å². The van der Waals surface area contributed by atoms with E-state index in [2.05, 4.69) is 0 Å². The molecular weight excluding hydrogens is 107 g/mol. The normalized spacial score (nSPS) is 6.43. The van der Waals surface area contributed by atoms with Gasteiger partial charge in [0.2, 0.25) is 5.78 Å². The Hall–Kier alpha value is 0.140. The topological polar surface area (TPSA) is 54.4 Å². The maximum absolute atomic E-state index is 9.54. The molecule has 0 heterocycles. The van der Waals surface area contributed by atoms with E-state index in [9.17, 15) is 9.59 Å². The summed E-state index contributed by atoms with van der Waals surface area (Å²) in [7, 11) is 0. The summed E-state index contributed by atoms with van der Waals surface area (Å²) in [6.07, 6.45) is 0. The summed E-state index contributed by atoms with van der Waals surface area (Å²) in [6.45, 7) is 1.00. The Kier molecular flexibility index (Phi) is 6.26. The molecule has 0 amide bonds. The maximum atomic E-state index is 9.54. The number of hydrogen-bond donors (Lipinski definition) is 1. The first-order valence-corrected chi connectivity index (χ1v) is 1.38. The zero-order valence-electron chi connectivity index (χ0n) is 4.26. The van der Waals surface area contributed by atoms with Crippen LogP contribution < -0.4 is 0 Å². The van der Waals surface area contributed by atoms with Crippen LogP contribution in [0.25, 0.3) is 0 Å². The van der Waals surface area contributed by atoms with Crippen molar-refractivity contribution in [3.05, 3.63) is 0 Å². The number of Topliss-reactive ketones (excluding diaryl/α,β-unsaturated/α-hetero) is 1. The third kappa shape index (κ3) is 6.14. The van der Waals surface area contributed by atoms with Gasteiger partial charge < -0.3 is 5.11 Å². The molecule has 0 saturated heterocycles. The van der Waals surface area contributed by atoms with Crippen LogP contribution in [-0.4, -0.2) is 46.4 Å². The fourth-order valence-electron chi connectivity index (χ4n) is 0. The van der Waals surface area contributed by atoms with Gasteiger partial charge in [-0.25, -0.2) is 4.79 Å². The Morgan fingerprint density at radius 1 is 1.43 bits per heavy atom. The molecule has 0 aliphatic rings. The van der Waals surface area contributed by atoms with Gasteiger partial charge in [0.25, 0.3) is 0 Å². The molecule has 0 aromatic carbocycles. The van der Waals surface area contributed by atoms with E-state index >= 15 is 0 Å². The van der Waals surface area contributed by atoms with Crippen LogP contribution in [-0.2, 0) is 9.59 Å². The van der Waals surface area contributed by atoms with E-state index in [1.165, 1.54) is 0 Å². The molecule has 1 N–H and O–H groups in total. The molecule has 0 bridgehead atoms. The Morgan fingerprint density at radius 3 is 1.57 bits per heavy atom. The molecule has 0 atom stereocenters. The third-order valence-corrected chi connectivity index (χ3v) is 0.301. The van der Waals surface area contributed by atoms with Gasteiger partial charge in [-0.2, -0.15) is 0 Å². The van der Waals surface area contributed by atoms with Gasteiger partial charge in [0.05, 0.1) is 0 Å². The summed E-state index contributed by atoms with van der Waals surface area (Å²) in [4.78, 5) is 18.9. The van der Waals surface area contributed by atoms with Crippen LogP contribution in [0.3, 0.4) is 0 Å². The molecule has 3 nitrogen and oxygen atoms in total. The summed E-state index contributed by atoms with van der Waals surface area (Å²) >= 11 is 0. The van der Waals surface area contributed by atoms with Crippen molar-refractivity contribution < 1.29 is 14.7 Å². The quantitative estimate of drug-likeness (QED) is 0.359. The van der Waals surface area contributed by atoms with Crippen LogP contribution in [0.2, 0.25) is 0 Å². The Morgan fingerprint density at radius 2 is 1.57 bits per heavy atom. The van der Waals surface area contributed by atoms with Crippen LogP contribution in [0.4, 0.5) is 0 Å². The van der Waals surface area contributed by atoms with Gasteiger partial charge >= 0.3 is 5.97 Å². The first-order valence-electron chi connectivity index (χ1n) is 1.38. The molecule has 0 unspecified atom stereocenters. The summed E-state index contributed by atoms with van der Waals surface area (Å²) in [5.41, 5.74) is 0. The van der Waals surface area contributed by atoms with Gasteiger partial charge in [0, 0.05) is 36.5 Å². The zero-order chi connectivity index (χ0) is 5.15. The summed E-state index contributed by atoms with van der Waals surface area (Å²) in [6, 6.07) is 0. The van der Waals surface area contributed by atoms with E-state index in [-0.39, 0.29) is 29.6 Å². The smallest absolute Gasteiger partial charge is 0.371 e. The van der Waals surface area contributed by atoms with Crippen molar-refractivity contribution in [3.8, 4) is 0 Å². The first-order chi connectivity index (χ1) is 2.64. The maximum Gasteiger partial charge on any atom is 0.371 e. The minimum absolute atomic E-state index is 0. The predicted molar refractivity (Wildman–Crippen MR) is 24.1 cm³/mol. The second kappa shape index (κ2) is 4.30. The standard InChI is InChI=1S/C3H4O3.Na/c1-2(4)3(5)6;/h1H3,(H,5,6);. The van der Waals surface area contributed by atoms with Crippen LogP contribution >= 0.6 is 0 Å². The van der Waals surface area contributed by atoms with Gasteiger partial charge in [-0.3, -0.25) is 4.79 Å². The average Bonchev–Trinajstić information content (AvgIpc) is 1.36. The molecule has 0 aromatic heterocycles. The number of aliphatic carboxylic acids is 1. The molecule has 0 aliphatic heterocycles. The number of carbonyl (C=O) groups is 2. The molecule has 4 heteroatoms. The molecule has 7 heavy (non-hydrogen) atoms. The second-order valence-corrected chi connectivity index (χ2v) is 0.861. The van der Waals surface area contributed by atoms with Crippen LogP contribution in [0.15, 0.2) is 0 Å². The minimum Gasteiger partial charge on any atom is -0.476 e. The first kappa shape index (κ1) is 10.2. The van der Waals surface area contributed by atoms with E-state index in [4.69, 9.17) is 5.11 Å². The number of carboxylic acid groups (broad SMARTS) is 1. The molecule has 0 aliphatic carbocycles. The number of ketones is 1. The molecule has 0 aromatic rings. The fourth-order valence-corrected chi connectivity index (χ4v) is 0. The van der Waals surface area contributed by atoms with Gasteiger partial charge in [0.15, 0.2) is 0 Å². The third-order valence-electron chi connectivity index (χ3n) is 0.301. The Balaban J connectivity index is 0. The van der Waals surface area contributed by atoms with Crippen molar-refractivity contribution >= 4 is 41.3 Å². The van der Waals surface area contributed by atoms with E-state index < -0.39 is 11.8 Å². The van der Waals surface area contributed by atoms with Crippen LogP contribution in [0, 0.1) is 0 Å². The van der Waals surface area contributed by atoms with Gasteiger partial charge in [-0.05, 0) is 0 Å². The number of rotatable bonds is 1. The van der Waals surface area contributed by atoms with Crippen molar-refractivity contribution in [1.29, 1.82) is 0 Å². The molecule has 1 radical (unpaired) electrons. The summed E-state index contributed by atoms with van der Waals surface area (Å²) < 4.78 is 0. The van der Waals surface area contributed by atoms with Crippen molar-refractivity contribution in [2.75, 3.05) is 0 Å². The molecule has 0 rings (SSSR count). The van der Waals surface area contributed by atoms with E-state index in [0.29, 0.717) is 0 Å². The summed E-state index contributed by atoms with van der Waals surface area (Å²) in [5.74, 6) is -2.20. The SMILES string of the molecule is CC(=O)C(=O)O.[Na]. The van der Waals surface area contributed by atoms with E-state index in [1.54, 1.807) is 0 Å². The van der Waals surface area contributed by atoms with Crippen LogP contribution in [0.1, 0.15) is 6.92 Å². The second-order valence-electron chi connectivity index (χ2n) is 0.861. The van der Waals surface area contributed by atoms with E-state index in [1.807, 2.05) is 0 Å². The molecule has 35 valence electrons. The van der Waals surface area contributed by atoms with Gasteiger partial charge in [-0.15, -0.1) is 0 Å². The number of carbonyl (C=O) groups excluding carboxylic acids is 1. The summed E-state index contributed by atoms with van der Waals surface area (Å²) in [5, 5.41) is 7.64.